The van der Waals surface area contributed by atoms with E-state index in [0.29, 0.717) is 30.9 Å². The summed E-state index contributed by atoms with van der Waals surface area (Å²) in [6.45, 7) is 17.4. The minimum atomic E-state index is -1.08. The number of rotatable bonds is 22. The second-order valence-corrected chi connectivity index (χ2v) is 16.0. The second-order valence-electron chi connectivity index (χ2n) is 16.0. The minimum absolute atomic E-state index is 0. The SMILES string of the molecule is C.CC(C)[C@H](C)C(=O)NC(CCCNC(N)=O)C(=O)Cc1ccc(CO)cc1.CC(C)[C@H](C)C(=O)NC(CCCNC(N)=O)C(=O)O.CC(C)[C@H](C)C(=O)ON1C(=O)CCC1=O. The van der Waals surface area contributed by atoms with Crippen LogP contribution in [0.1, 0.15) is 119 Å². The number of ketones is 1. The third kappa shape index (κ3) is 23.4. The van der Waals surface area contributed by atoms with Crippen molar-refractivity contribution in [2.45, 2.75) is 133 Å². The molecule has 1 aliphatic heterocycles. The lowest BCUT2D eigenvalue weighted by Gasteiger charge is -2.22. The topological polar surface area (TPSA) is 307 Å². The number of imide groups is 1. The maximum Gasteiger partial charge on any atom is 0.336 e. The van der Waals surface area contributed by atoms with Crippen molar-refractivity contribution in [2.24, 2.45) is 47.0 Å². The molecule has 5 atom stereocenters. The second kappa shape index (κ2) is 30.4. The zero-order valence-corrected chi connectivity index (χ0v) is 37.1. The first-order valence-electron chi connectivity index (χ1n) is 20.6. The Hall–Kier alpha value is -5.59. The van der Waals surface area contributed by atoms with E-state index in [1.54, 1.807) is 38.1 Å². The Labute approximate surface area is 366 Å². The normalized spacial score (nSPS) is 14.4. The quantitative estimate of drug-likeness (QED) is 0.0615. The van der Waals surface area contributed by atoms with E-state index in [0.717, 1.165) is 11.1 Å². The van der Waals surface area contributed by atoms with Gasteiger partial charge in [-0.1, -0.05) is 94.0 Å². The summed E-state index contributed by atoms with van der Waals surface area (Å²) in [5.74, 6) is -3.35. The third-order valence-electron chi connectivity index (χ3n) is 10.2. The molecule has 0 bridgehead atoms. The molecule has 1 heterocycles. The Kier molecular flexibility index (Phi) is 28.7. The molecule has 0 radical (unpaired) electrons. The Balaban J connectivity index is 0. The van der Waals surface area contributed by atoms with Crippen LogP contribution in [-0.2, 0) is 51.4 Å². The van der Waals surface area contributed by atoms with E-state index in [2.05, 4.69) is 21.3 Å². The van der Waals surface area contributed by atoms with Gasteiger partial charge in [0.05, 0.1) is 18.6 Å². The van der Waals surface area contributed by atoms with Crippen LogP contribution in [0.25, 0.3) is 0 Å². The number of Topliss-reactive ketones (excluding diaryl/α,β-unsaturated/α-hetero) is 1. The molecule has 62 heavy (non-hydrogen) atoms. The van der Waals surface area contributed by atoms with Crippen LogP contribution in [0.3, 0.4) is 0 Å². The maximum atomic E-state index is 12.7. The van der Waals surface area contributed by atoms with E-state index in [-0.39, 0.29) is 99.4 Å². The Morgan fingerprint density at radius 1 is 0.661 bits per heavy atom. The van der Waals surface area contributed by atoms with E-state index in [9.17, 15) is 43.2 Å². The molecule has 1 saturated heterocycles. The predicted molar refractivity (Wildman–Crippen MR) is 232 cm³/mol. The number of carbonyl (C=O) groups excluding carboxylic acids is 8. The van der Waals surface area contributed by atoms with Gasteiger partial charge in [0.25, 0.3) is 11.8 Å². The lowest BCUT2D eigenvalue weighted by atomic mass is 9.95. The number of carboxylic acids is 1. The zero-order chi connectivity index (χ0) is 47.0. The zero-order valence-electron chi connectivity index (χ0n) is 37.1. The Morgan fingerprint density at radius 3 is 1.42 bits per heavy atom. The van der Waals surface area contributed by atoms with Gasteiger partial charge in [0, 0.05) is 44.2 Å². The average molecular weight is 880 g/mol. The number of urea groups is 2. The number of hydrogen-bond donors (Lipinski definition) is 8. The molecule has 0 aromatic heterocycles. The Bertz CT molecular complexity index is 1600. The standard InChI is InChI=1S/C20H31N3O4.C12H23N3O4.C10H15NO4.CH4/c1-13(2)14(3)19(26)23-17(5-4-10-22-20(21)27)18(25)11-15-6-8-16(12-24)9-7-15;1-7(2)8(3)10(16)15-9(11(17)18)5-4-6-14-12(13)19;1-6(2)7(3)10(14)15-11-8(12)4-5-9(11)13;/h6-9,13-14,17,24H,4-5,10-12H2,1-3H3,(H,23,26)(H3,21,22,27);7-9H,4-6H2,1-3H3,(H,15,16)(H,17,18)(H3,13,14,19);6-7H,4-5H2,1-3H3;1H4/t14-,17?;8-,9?;7-;/m000./s1. The number of carboxylic acid groups (broad SMARTS) is 1. The van der Waals surface area contributed by atoms with Crippen LogP contribution in [0.2, 0.25) is 0 Å². The van der Waals surface area contributed by atoms with Crippen molar-refractivity contribution in [3.05, 3.63) is 35.4 Å². The van der Waals surface area contributed by atoms with Crippen molar-refractivity contribution < 1.29 is 58.2 Å². The van der Waals surface area contributed by atoms with Crippen molar-refractivity contribution in [1.82, 2.24) is 26.3 Å². The smallest absolute Gasteiger partial charge is 0.336 e. The first kappa shape index (κ1) is 58.5. The highest BCUT2D eigenvalue weighted by molar-refractivity contribution is 6.01. The minimum Gasteiger partial charge on any atom is -0.480 e. The number of aliphatic hydroxyl groups is 1. The monoisotopic (exact) mass is 880 g/mol. The van der Waals surface area contributed by atoms with Crippen LogP contribution in [0.5, 0.6) is 0 Å². The summed E-state index contributed by atoms with van der Waals surface area (Å²) in [4.78, 5) is 108. The van der Waals surface area contributed by atoms with Crippen LogP contribution in [0, 0.1) is 35.5 Å². The first-order chi connectivity index (χ1) is 28.4. The number of amides is 8. The number of nitrogens with two attached hydrogens (primary N) is 2. The number of primary amides is 2. The summed E-state index contributed by atoms with van der Waals surface area (Å²) in [6.07, 6.45) is 2.06. The summed E-state index contributed by atoms with van der Waals surface area (Å²) >= 11 is 0. The number of aliphatic carboxylic acids is 1. The van der Waals surface area contributed by atoms with Gasteiger partial charge >= 0.3 is 24.0 Å². The van der Waals surface area contributed by atoms with Crippen LogP contribution in [0.4, 0.5) is 9.59 Å². The van der Waals surface area contributed by atoms with Crippen LogP contribution < -0.4 is 32.7 Å². The van der Waals surface area contributed by atoms with Crippen molar-refractivity contribution in [3.8, 4) is 0 Å². The highest BCUT2D eigenvalue weighted by atomic mass is 16.7. The van der Waals surface area contributed by atoms with Gasteiger partial charge in [-0.3, -0.25) is 24.0 Å². The molecule has 1 aliphatic rings. The fraction of sp³-hybridized carbons (Fsp3) is 0.651. The number of nitrogens with zero attached hydrogens (tertiary/aromatic N) is 1. The number of benzene rings is 1. The lowest BCUT2D eigenvalue weighted by molar-refractivity contribution is -0.201. The summed E-state index contributed by atoms with van der Waals surface area (Å²) in [5, 5.41) is 28.9. The van der Waals surface area contributed by atoms with Crippen molar-refractivity contribution >= 4 is 53.4 Å². The van der Waals surface area contributed by atoms with E-state index < -0.39 is 47.9 Å². The molecule has 0 aliphatic carbocycles. The van der Waals surface area contributed by atoms with Gasteiger partial charge in [-0.25, -0.2) is 19.2 Å². The largest absolute Gasteiger partial charge is 0.480 e. The van der Waals surface area contributed by atoms with Crippen molar-refractivity contribution in [1.29, 1.82) is 0 Å². The molecule has 352 valence electrons. The maximum absolute atomic E-state index is 12.7. The van der Waals surface area contributed by atoms with Gasteiger partial charge in [0.1, 0.15) is 6.04 Å². The highest BCUT2D eigenvalue weighted by Gasteiger charge is 2.34. The van der Waals surface area contributed by atoms with E-state index in [4.69, 9.17) is 26.5 Å². The van der Waals surface area contributed by atoms with Crippen molar-refractivity contribution in [2.75, 3.05) is 13.1 Å². The van der Waals surface area contributed by atoms with Gasteiger partial charge in [-0.2, -0.15) is 0 Å². The number of aliphatic hydroxyl groups excluding tert-OH is 1. The number of hydrogen-bond acceptors (Lipinski definition) is 11. The molecule has 10 N–H and O–H groups in total. The molecule has 8 amide bonds. The predicted octanol–water partition coefficient (Wildman–Crippen LogP) is 3.33. The van der Waals surface area contributed by atoms with Crippen LogP contribution >= 0.6 is 0 Å². The number of hydroxylamine groups is 2. The summed E-state index contributed by atoms with van der Waals surface area (Å²) in [5.41, 5.74) is 11.5. The van der Waals surface area contributed by atoms with Crippen molar-refractivity contribution in [3.63, 3.8) is 0 Å². The van der Waals surface area contributed by atoms with Gasteiger partial charge in [0.15, 0.2) is 5.78 Å². The molecule has 19 heteroatoms. The van der Waals surface area contributed by atoms with Gasteiger partial charge in [-0.15, -0.1) is 5.06 Å². The Morgan fingerprint density at radius 2 is 1.05 bits per heavy atom. The molecule has 1 aromatic rings. The summed E-state index contributed by atoms with van der Waals surface area (Å²) in [6, 6.07) is 4.32. The average Bonchev–Trinajstić information content (AvgIpc) is 3.51. The molecule has 1 fully saturated rings. The molecular formula is C43H73N7O12. The number of carbonyl (C=O) groups is 9. The molecule has 0 saturated carbocycles. The molecule has 0 spiro atoms. The van der Waals surface area contributed by atoms with Crippen LogP contribution in [-0.4, -0.2) is 93.9 Å². The fourth-order valence-corrected chi connectivity index (χ4v) is 5.01. The van der Waals surface area contributed by atoms with E-state index >= 15 is 0 Å². The molecule has 19 nitrogen and oxygen atoms in total. The van der Waals surface area contributed by atoms with Gasteiger partial charge < -0.3 is 47.8 Å². The third-order valence-corrected chi connectivity index (χ3v) is 10.2. The molecular weight excluding hydrogens is 807 g/mol. The molecule has 2 unspecified atom stereocenters. The summed E-state index contributed by atoms with van der Waals surface area (Å²) in [7, 11) is 0. The molecule has 1 aromatic carbocycles. The van der Waals surface area contributed by atoms with Crippen LogP contribution in [0.15, 0.2) is 24.3 Å². The summed E-state index contributed by atoms with van der Waals surface area (Å²) < 4.78 is 0. The highest BCUT2D eigenvalue weighted by Crippen LogP contribution is 2.17. The lowest BCUT2D eigenvalue weighted by Crippen LogP contribution is -2.45. The molecule has 2 rings (SSSR count). The van der Waals surface area contributed by atoms with Gasteiger partial charge in [0.2, 0.25) is 11.8 Å². The first-order valence-corrected chi connectivity index (χ1v) is 20.6. The van der Waals surface area contributed by atoms with E-state index in [1.165, 1.54) is 0 Å². The fourth-order valence-electron chi connectivity index (χ4n) is 5.01. The van der Waals surface area contributed by atoms with E-state index in [1.807, 2.05) is 48.5 Å². The van der Waals surface area contributed by atoms with Gasteiger partial charge in [-0.05, 0) is 54.6 Å². The number of nitrogens with one attached hydrogen (secondary N) is 4.